The number of hydrogen-bond acceptors (Lipinski definition) is 4. The second-order valence-corrected chi connectivity index (χ2v) is 6.99. The molecule has 1 amide bonds. The van der Waals surface area contributed by atoms with Crippen LogP contribution in [-0.2, 0) is 0 Å². The van der Waals surface area contributed by atoms with Crippen molar-refractivity contribution in [3.8, 4) is 11.4 Å². The van der Waals surface area contributed by atoms with E-state index in [-0.39, 0.29) is 17.5 Å². The van der Waals surface area contributed by atoms with Gasteiger partial charge in [-0.2, -0.15) is 0 Å². The van der Waals surface area contributed by atoms with Crippen LogP contribution in [0.1, 0.15) is 51.5 Å². The Morgan fingerprint density at radius 1 is 1.17 bits per heavy atom. The largest absolute Gasteiger partial charge is 0.365 e. The first-order chi connectivity index (χ1) is 11.3. The molecule has 128 valence electrons. The van der Waals surface area contributed by atoms with Crippen LogP contribution in [-0.4, -0.2) is 27.5 Å². The van der Waals surface area contributed by atoms with Gasteiger partial charge in [-0.05, 0) is 34.1 Å². The van der Waals surface area contributed by atoms with E-state index in [1.54, 1.807) is 6.07 Å². The van der Waals surface area contributed by atoms with Gasteiger partial charge in [-0.25, -0.2) is 9.97 Å². The second-order valence-electron chi connectivity index (χ2n) is 6.99. The van der Waals surface area contributed by atoms with Crippen molar-refractivity contribution in [1.29, 1.82) is 0 Å². The summed E-state index contributed by atoms with van der Waals surface area (Å²) in [4.78, 5) is 21.5. The van der Waals surface area contributed by atoms with Crippen molar-refractivity contribution < 1.29 is 4.79 Å². The zero-order chi connectivity index (χ0) is 17.7. The van der Waals surface area contributed by atoms with Crippen molar-refractivity contribution in [2.24, 2.45) is 0 Å². The van der Waals surface area contributed by atoms with Crippen LogP contribution in [0.3, 0.4) is 0 Å². The lowest BCUT2D eigenvalue weighted by atomic mass is 10.1. The first-order valence-electron chi connectivity index (χ1n) is 8.32. The highest BCUT2D eigenvalue weighted by atomic mass is 16.1. The zero-order valence-electron chi connectivity index (χ0n) is 15.1. The number of aromatic nitrogens is 2. The van der Waals surface area contributed by atoms with Crippen molar-refractivity contribution in [3.63, 3.8) is 0 Å². The minimum absolute atomic E-state index is 0.103. The van der Waals surface area contributed by atoms with Crippen LogP contribution in [0.2, 0.25) is 0 Å². The highest BCUT2D eigenvalue weighted by molar-refractivity contribution is 5.93. The van der Waals surface area contributed by atoms with E-state index < -0.39 is 0 Å². The van der Waals surface area contributed by atoms with Gasteiger partial charge in [0.15, 0.2) is 5.82 Å². The predicted octanol–water partition coefficient (Wildman–Crippen LogP) is 3.88. The van der Waals surface area contributed by atoms with Crippen LogP contribution in [0.4, 0.5) is 5.82 Å². The SMILES string of the molecule is CCC(C)NC(=O)c1cc(NC(C)(C)C)nc(-c2ccccc2)n1. The molecule has 2 rings (SSSR count). The molecule has 1 heterocycles. The van der Waals surface area contributed by atoms with E-state index in [4.69, 9.17) is 0 Å². The van der Waals surface area contributed by atoms with Gasteiger partial charge in [0.05, 0.1) is 0 Å². The van der Waals surface area contributed by atoms with Crippen molar-refractivity contribution in [2.45, 2.75) is 52.6 Å². The summed E-state index contributed by atoms with van der Waals surface area (Å²) in [7, 11) is 0. The summed E-state index contributed by atoms with van der Waals surface area (Å²) in [6, 6.07) is 11.5. The minimum Gasteiger partial charge on any atom is -0.365 e. The maximum Gasteiger partial charge on any atom is 0.270 e. The van der Waals surface area contributed by atoms with Crippen molar-refractivity contribution in [1.82, 2.24) is 15.3 Å². The van der Waals surface area contributed by atoms with Gasteiger partial charge in [0.2, 0.25) is 0 Å². The van der Waals surface area contributed by atoms with E-state index >= 15 is 0 Å². The van der Waals surface area contributed by atoms with E-state index in [1.807, 2.05) is 44.2 Å². The summed E-state index contributed by atoms with van der Waals surface area (Å²) >= 11 is 0. The first-order valence-corrected chi connectivity index (χ1v) is 8.32. The molecule has 0 aliphatic carbocycles. The Labute approximate surface area is 143 Å². The molecule has 0 radical (unpaired) electrons. The molecule has 24 heavy (non-hydrogen) atoms. The predicted molar refractivity (Wildman–Crippen MR) is 98.1 cm³/mol. The maximum atomic E-state index is 12.5. The summed E-state index contributed by atoms with van der Waals surface area (Å²) < 4.78 is 0. The standard InChI is InChI=1S/C19H26N4O/c1-6-13(2)20-18(24)15-12-16(23-19(3,4)5)22-17(21-15)14-10-8-7-9-11-14/h7-13H,6H2,1-5H3,(H,20,24)(H,21,22,23). The maximum absolute atomic E-state index is 12.5. The van der Waals surface area contributed by atoms with Gasteiger partial charge in [0.25, 0.3) is 5.91 Å². The molecular formula is C19H26N4O. The Kier molecular flexibility index (Phi) is 5.54. The number of rotatable bonds is 5. The summed E-state index contributed by atoms with van der Waals surface area (Å²) in [5.41, 5.74) is 1.09. The highest BCUT2D eigenvalue weighted by Crippen LogP contribution is 2.20. The highest BCUT2D eigenvalue weighted by Gasteiger charge is 2.17. The fourth-order valence-electron chi connectivity index (χ4n) is 2.13. The van der Waals surface area contributed by atoms with Gasteiger partial charge in [-0.15, -0.1) is 0 Å². The van der Waals surface area contributed by atoms with E-state index in [0.717, 1.165) is 12.0 Å². The average molecular weight is 326 g/mol. The van der Waals surface area contributed by atoms with Gasteiger partial charge in [-0.1, -0.05) is 37.3 Å². The smallest absolute Gasteiger partial charge is 0.270 e. The van der Waals surface area contributed by atoms with E-state index in [9.17, 15) is 4.79 Å². The molecule has 5 nitrogen and oxygen atoms in total. The number of hydrogen-bond donors (Lipinski definition) is 2. The van der Waals surface area contributed by atoms with Gasteiger partial charge in [-0.3, -0.25) is 4.79 Å². The molecule has 2 N–H and O–H groups in total. The molecule has 2 aromatic rings. The van der Waals surface area contributed by atoms with Crippen LogP contribution < -0.4 is 10.6 Å². The molecule has 0 fully saturated rings. The van der Waals surface area contributed by atoms with Crippen LogP contribution in [0.5, 0.6) is 0 Å². The summed E-state index contributed by atoms with van der Waals surface area (Å²) in [6.45, 7) is 10.2. The molecule has 1 aromatic heterocycles. The molecule has 0 spiro atoms. The second kappa shape index (κ2) is 7.43. The molecule has 0 saturated heterocycles. The zero-order valence-corrected chi connectivity index (χ0v) is 15.1. The van der Waals surface area contributed by atoms with Gasteiger partial charge in [0, 0.05) is 23.2 Å². The Hall–Kier alpha value is -2.43. The van der Waals surface area contributed by atoms with Crippen molar-refractivity contribution in [3.05, 3.63) is 42.1 Å². The summed E-state index contributed by atoms with van der Waals surface area (Å²) in [6.07, 6.45) is 0.871. The molecule has 1 atom stereocenters. The van der Waals surface area contributed by atoms with E-state index in [0.29, 0.717) is 17.3 Å². The number of anilines is 1. The third kappa shape index (κ3) is 5.05. The topological polar surface area (TPSA) is 66.9 Å². The molecular weight excluding hydrogens is 300 g/mol. The summed E-state index contributed by atoms with van der Waals surface area (Å²) in [5.74, 6) is 1.01. The van der Waals surface area contributed by atoms with Crippen LogP contribution in [0.15, 0.2) is 36.4 Å². The Morgan fingerprint density at radius 2 is 1.83 bits per heavy atom. The van der Waals surface area contributed by atoms with Gasteiger partial charge >= 0.3 is 0 Å². The third-order valence-corrected chi connectivity index (χ3v) is 3.48. The van der Waals surface area contributed by atoms with Crippen molar-refractivity contribution >= 4 is 11.7 Å². The minimum atomic E-state index is -0.180. The molecule has 0 aliphatic rings. The van der Waals surface area contributed by atoms with Crippen LogP contribution in [0, 0.1) is 0 Å². The molecule has 0 bridgehead atoms. The monoisotopic (exact) mass is 326 g/mol. The van der Waals surface area contributed by atoms with Gasteiger partial charge < -0.3 is 10.6 Å². The summed E-state index contributed by atoms with van der Waals surface area (Å²) in [5, 5.41) is 6.28. The lowest BCUT2D eigenvalue weighted by molar-refractivity contribution is 0.0934. The Balaban J connectivity index is 2.42. The fraction of sp³-hybridized carbons (Fsp3) is 0.421. The quantitative estimate of drug-likeness (QED) is 0.875. The number of nitrogens with zero attached hydrogens (tertiary/aromatic N) is 2. The van der Waals surface area contributed by atoms with Crippen molar-refractivity contribution in [2.75, 3.05) is 5.32 Å². The number of amides is 1. The Morgan fingerprint density at radius 3 is 2.42 bits per heavy atom. The molecule has 1 aromatic carbocycles. The number of carbonyl (C=O) groups is 1. The average Bonchev–Trinajstić information content (AvgIpc) is 2.53. The fourth-order valence-corrected chi connectivity index (χ4v) is 2.13. The first kappa shape index (κ1) is 17.9. The number of nitrogens with one attached hydrogen (secondary N) is 2. The third-order valence-electron chi connectivity index (χ3n) is 3.48. The number of carbonyl (C=O) groups excluding carboxylic acids is 1. The van der Waals surface area contributed by atoms with Crippen LogP contribution in [0.25, 0.3) is 11.4 Å². The van der Waals surface area contributed by atoms with E-state index in [1.165, 1.54) is 0 Å². The molecule has 0 saturated carbocycles. The molecule has 1 unspecified atom stereocenters. The molecule has 5 heteroatoms. The van der Waals surface area contributed by atoms with E-state index in [2.05, 4.69) is 41.4 Å². The van der Waals surface area contributed by atoms with Gasteiger partial charge in [0.1, 0.15) is 11.5 Å². The normalized spacial score (nSPS) is 12.5. The number of benzene rings is 1. The molecule has 0 aliphatic heterocycles. The van der Waals surface area contributed by atoms with Crippen LogP contribution >= 0.6 is 0 Å². The Bertz CT molecular complexity index is 692. The lowest BCUT2D eigenvalue weighted by Crippen LogP contribution is -2.33. The lowest BCUT2D eigenvalue weighted by Gasteiger charge is -2.22.